The summed E-state index contributed by atoms with van der Waals surface area (Å²) >= 11 is 3.43. The van der Waals surface area contributed by atoms with Gasteiger partial charge in [0, 0.05) is 17.3 Å². The summed E-state index contributed by atoms with van der Waals surface area (Å²) in [6.07, 6.45) is -1.32. The molecule has 0 aliphatic rings. The van der Waals surface area contributed by atoms with Crippen molar-refractivity contribution in [3.05, 3.63) is 74.9 Å². The maximum Gasteiger partial charge on any atom is 0.353 e. The van der Waals surface area contributed by atoms with Crippen molar-refractivity contribution >= 4 is 27.5 Å². The number of nitrogens with zero attached hydrogens (tertiary/aromatic N) is 5. The Labute approximate surface area is 165 Å². The van der Waals surface area contributed by atoms with Crippen LogP contribution in [0.2, 0.25) is 0 Å². The molecule has 1 aromatic carbocycles. The lowest BCUT2D eigenvalue weighted by Crippen LogP contribution is -2.24. The lowest BCUT2D eigenvalue weighted by Gasteiger charge is -2.06. The third-order valence-corrected chi connectivity index (χ3v) is 4.94. The molecule has 0 saturated heterocycles. The minimum Gasteiger partial charge on any atom is -0.369 e. The van der Waals surface area contributed by atoms with Crippen molar-refractivity contribution in [3.8, 4) is 11.3 Å². The van der Waals surface area contributed by atoms with Crippen molar-refractivity contribution in [2.24, 2.45) is 0 Å². The number of nitrogens with two attached hydrogens (primary N) is 1. The number of alkyl halides is 2. The molecular weight excluding hydrogens is 434 g/mol. The zero-order chi connectivity index (χ0) is 19.8. The van der Waals surface area contributed by atoms with Crippen LogP contribution in [-0.4, -0.2) is 24.1 Å². The van der Waals surface area contributed by atoms with Crippen LogP contribution in [0.4, 0.5) is 14.7 Å². The predicted octanol–water partition coefficient (Wildman–Crippen LogP) is 3.28. The van der Waals surface area contributed by atoms with Gasteiger partial charge in [0.15, 0.2) is 5.65 Å². The molecule has 0 aliphatic carbocycles. The molecule has 0 unspecified atom stereocenters. The van der Waals surface area contributed by atoms with E-state index in [0.29, 0.717) is 10.2 Å². The van der Waals surface area contributed by atoms with E-state index in [0.717, 1.165) is 14.6 Å². The van der Waals surface area contributed by atoms with Gasteiger partial charge >= 0.3 is 5.69 Å². The number of nitrogen functional groups attached to an aromatic ring is 1. The van der Waals surface area contributed by atoms with Crippen molar-refractivity contribution in [2.45, 2.75) is 13.0 Å². The molecule has 0 saturated carbocycles. The van der Waals surface area contributed by atoms with Crippen LogP contribution in [0.5, 0.6) is 0 Å². The quantitative estimate of drug-likeness (QED) is 0.519. The van der Waals surface area contributed by atoms with Crippen LogP contribution in [0, 0.1) is 0 Å². The first-order valence-electron chi connectivity index (χ1n) is 8.19. The number of hydrogen-bond donors (Lipinski definition) is 1. The second-order valence-electron chi connectivity index (χ2n) is 5.94. The van der Waals surface area contributed by atoms with E-state index >= 15 is 0 Å². The molecule has 28 heavy (non-hydrogen) atoms. The monoisotopic (exact) mass is 446 g/mol. The molecule has 0 atom stereocenters. The number of pyridine rings is 1. The Morgan fingerprint density at radius 2 is 1.89 bits per heavy atom. The van der Waals surface area contributed by atoms with Crippen molar-refractivity contribution in [3.63, 3.8) is 0 Å². The van der Waals surface area contributed by atoms with Crippen LogP contribution in [0.3, 0.4) is 0 Å². The zero-order valence-electron chi connectivity index (χ0n) is 14.3. The van der Waals surface area contributed by atoms with E-state index in [4.69, 9.17) is 5.73 Å². The molecule has 7 nitrogen and oxygen atoms in total. The second-order valence-corrected chi connectivity index (χ2v) is 6.73. The van der Waals surface area contributed by atoms with E-state index in [2.05, 4.69) is 31.0 Å². The van der Waals surface area contributed by atoms with Crippen LogP contribution in [0.25, 0.3) is 16.9 Å². The fraction of sp³-hybridized carbons (Fsp3) is 0.111. The number of hydrogen-bond acceptors (Lipinski definition) is 5. The van der Waals surface area contributed by atoms with Crippen LogP contribution in [0.15, 0.2) is 57.9 Å². The summed E-state index contributed by atoms with van der Waals surface area (Å²) in [6.45, 7) is -0.215. The van der Waals surface area contributed by atoms with Gasteiger partial charge in [-0.1, -0.05) is 30.3 Å². The highest BCUT2D eigenvalue weighted by atomic mass is 79.9. The van der Waals surface area contributed by atoms with Crippen molar-refractivity contribution < 1.29 is 8.78 Å². The molecule has 0 aliphatic heterocycles. The van der Waals surface area contributed by atoms with Gasteiger partial charge in [-0.2, -0.15) is 0 Å². The molecule has 0 amide bonds. The van der Waals surface area contributed by atoms with Gasteiger partial charge in [-0.15, -0.1) is 5.10 Å². The fourth-order valence-corrected chi connectivity index (χ4v) is 3.46. The molecule has 2 N–H and O–H groups in total. The number of anilines is 1. The van der Waals surface area contributed by atoms with E-state index in [-0.39, 0.29) is 29.4 Å². The Morgan fingerprint density at radius 1 is 1.14 bits per heavy atom. The zero-order valence-corrected chi connectivity index (χ0v) is 15.8. The molecule has 4 aromatic rings. The van der Waals surface area contributed by atoms with Crippen LogP contribution in [0.1, 0.15) is 17.7 Å². The highest BCUT2D eigenvalue weighted by molar-refractivity contribution is 9.10. The van der Waals surface area contributed by atoms with Crippen LogP contribution in [-0.2, 0) is 6.54 Å². The Bertz CT molecular complexity index is 1220. The normalized spacial score (nSPS) is 11.4. The highest BCUT2D eigenvalue weighted by Crippen LogP contribution is 2.30. The van der Waals surface area contributed by atoms with E-state index in [9.17, 15) is 13.6 Å². The summed E-state index contributed by atoms with van der Waals surface area (Å²) in [7, 11) is 0. The number of rotatable bonds is 4. The summed E-state index contributed by atoms with van der Waals surface area (Å²) in [5.74, 6) is -0.0524. The lowest BCUT2D eigenvalue weighted by molar-refractivity contribution is 0.149. The average molecular weight is 447 g/mol. The van der Waals surface area contributed by atoms with Gasteiger partial charge in [-0.3, -0.25) is 4.98 Å². The molecular formula is C18H13BrF2N6O. The predicted molar refractivity (Wildman–Crippen MR) is 103 cm³/mol. The van der Waals surface area contributed by atoms with E-state index in [1.807, 2.05) is 30.3 Å². The van der Waals surface area contributed by atoms with Gasteiger partial charge in [0.25, 0.3) is 6.43 Å². The maximum absolute atomic E-state index is 13.2. The smallest absolute Gasteiger partial charge is 0.353 e. The Balaban J connectivity index is 1.87. The Kier molecular flexibility index (Phi) is 4.63. The molecule has 0 bridgehead atoms. The first-order valence-corrected chi connectivity index (χ1v) is 8.98. The third-order valence-electron chi connectivity index (χ3n) is 4.21. The van der Waals surface area contributed by atoms with Crippen LogP contribution < -0.4 is 11.4 Å². The molecule has 0 fully saturated rings. The average Bonchev–Trinajstić information content (AvgIpc) is 3.03. The molecule has 0 spiro atoms. The van der Waals surface area contributed by atoms with Gasteiger partial charge in [0.05, 0.1) is 22.4 Å². The minimum absolute atomic E-state index is 0.0524. The SMILES string of the molecule is Nc1nc(-c2ccccc2)c(Br)c2nn(Cc3ncccc3C(F)F)c(=O)n12. The van der Waals surface area contributed by atoms with Gasteiger partial charge in [-0.05, 0) is 28.1 Å². The molecule has 3 heterocycles. The fourth-order valence-electron chi connectivity index (χ4n) is 2.89. The number of fused-ring (bicyclic) bond motifs is 1. The summed E-state index contributed by atoms with van der Waals surface area (Å²) in [4.78, 5) is 21.0. The van der Waals surface area contributed by atoms with Crippen molar-refractivity contribution in [1.29, 1.82) is 0 Å². The first kappa shape index (κ1) is 18.2. The number of aromatic nitrogens is 5. The number of benzene rings is 1. The summed E-state index contributed by atoms with van der Waals surface area (Å²) in [5.41, 5.74) is 6.77. The van der Waals surface area contributed by atoms with E-state index in [1.54, 1.807) is 0 Å². The number of halogens is 3. The third kappa shape index (κ3) is 3.05. The lowest BCUT2D eigenvalue weighted by atomic mass is 10.1. The Morgan fingerprint density at radius 3 is 2.61 bits per heavy atom. The second kappa shape index (κ2) is 7.12. The topological polar surface area (TPSA) is 91.1 Å². The molecule has 142 valence electrons. The Hall–Kier alpha value is -3.14. The van der Waals surface area contributed by atoms with E-state index in [1.165, 1.54) is 18.3 Å². The molecule has 4 rings (SSSR count). The molecule has 0 radical (unpaired) electrons. The van der Waals surface area contributed by atoms with Gasteiger partial charge in [0.2, 0.25) is 5.95 Å². The van der Waals surface area contributed by atoms with E-state index < -0.39 is 12.1 Å². The summed E-state index contributed by atoms with van der Waals surface area (Å²) in [6, 6.07) is 12.0. The van der Waals surface area contributed by atoms with Gasteiger partial charge in [-0.25, -0.2) is 27.6 Å². The maximum atomic E-state index is 13.2. The molecule has 10 heteroatoms. The summed E-state index contributed by atoms with van der Waals surface area (Å²) < 4.78 is 29.1. The minimum atomic E-state index is -2.71. The van der Waals surface area contributed by atoms with Crippen molar-refractivity contribution in [2.75, 3.05) is 5.73 Å². The highest BCUT2D eigenvalue weighted by Gasteiger charge is 2.20. The van der Waals surface area contributed by atoms with Crippen LogP contribution >= 0.6 is 15.9 Å². The summed E-state index contributed by atoms with van der Waals surface area (Å²) in [5, 5.41) is 4.27. The first-order chi connectivity index (χ1) is 13.5. The van der Waals surface area contributed by atoms with Gasteiger partial charge < -0.3 is 5.73 Å². The van der Waals surface area contributed by atoms with Crippen molar-refractivity contribution in [1.82, 2.24) is 24.1 Å². The largest absolute Gasteiger partial charge is 0.369 e. The van der Waals surface area contributed by atoms with Gasteiger partial charge in [0.1, 0.15) is 0 Å². The standard InChI is InChI=1S/C18H13BrF2N6O/c19-13-14(10-5-2-1-3-6-10)24-17(22)27-16(13)25-26(18(27)28)9-12-11(15(20)21)7-4-8-23-12/h1-8,15H,9H2,(H2,22,24). The molecule has 3 aromatic heterocycles.